The first-order valence-electron chi connectivity index (χ1n) is 7.18. The van der Waals surface area contributed by atoms with E-state index in [1.165, 1.54) is 16.0 Å². The first-order valence-corrected chi connectivity index (χ1v) is 7.99. The van der Waals surface area contributed by atoms with Crippen LogP contribution < -0.4 is 4.74 Å². The van der Waals surface area contributed by atoms with Gasteiger partial charge in [-0.2, -0.15) is 0 Å². The molecule has 2 aromatic rings. The van der Waals surface area contributed by atoms with Gasteiger partial charge in [-0.15, -0.1) is 11.3 Å². The highest BCUT2D eigenvalue weighted by Crippen LogP contribution is 2.33. The van der Waals surface area contributed by atoms with Gasteiger partial charge in [0.1, 0.15) is 0 Å². The summed E-state index contributed by atoms with van der Waals surface area (Å²) in [5.41, 5.74) is 2.52. The smallest absolute Gasteiger partial charge is 0.311 e. The van der Waals surface area contributed by atoms with Crippen LogP contribution in [0.3, 0.4) is 0 Å². The molecule has 0 aliphatic carbocycles. The van der Waals surface area contributed by atoms with Crippen molar-refractivity contribution < 1.29 is 9.53 Å². The number of ether oxygens (including phenoxy) is 1. The summed E-state index contributed by atoms with van der Waals surface area (Å²) in [6.45, 7) is 4.66. The van der Waals surface area contributed by atoms with Gasteiger partial charge < -0.3 is 4.74 Å². The van der Waals surface area contributed by atoms with Crippen LogP contribution in [0.2, 0.25) is 0 Å². The van der Waals surface area contributed by atoms with E-state index in [2.05, 4.69) is 16.0 Å². The molecular weight excluding hydrogens is 284 g/mol. The molecule has 0 atom stereocenters. The van der Waals surface area contributed by atoms with Crippen LogP contribution >= 0.6 is 11.3 Å². The maximum atomic E-state index is 11.4. The number of hydrogen-bond acceptors (Lipinski definition) is 5. The van der Waals surface area contributed by atoms with Gasteiger partial charge in [0.25, 0.3) is 0 Å². The predicted molar refractivity (Wildman–Crippen MR) is 82.3 cm³/mol. The van der Waals surface area contributed by atoms with Crippen LogP contribution in [-0.4, -0.2) is 22.4 Å². The van der Waals surface area contributed by atoms with Crippen molar-refractivity contribution in [2.45, 2.75) is 32.9 Å². The van der Waals surface area contributed by atoms with Crippen molar-refractivity contribution in [2.24, 2.45) is 0 Å². The summed E-state index contributed by atoms with van der Waals surface area (Å²) < 4.78 is 5.32. The third kappa shape index (κ3) is 3.49. The monoisotopic (exact) mass is 302 g/mol. The fraction of sp³-hybridized carbons (Fsp3) is 0.375. The summed E-state index contributed by atoms with van der Waals surface area (Å²) in [6, 6.07) is 6.09. The fourth-order valence-electron chi connectivity index (χ4n) is 2.48. The van der Waals surface area contributed by atoms with Crippen LogP contribution in [-0.2, 0) is 24.3 Å². The molecule has 2 aromatic heterocycles. The lowest BCUT2D eigenvalue weighted by atomic mass is 10.1. The maximum Gasteiger partial charge on any atom is 0.311 e. The molecular formula is C16H18N2O2S. The summed E-state index contributed by atoms with van der Waals surface area (Å²) in [4.78, 5) is 19.3. The van der Waals surface area contributed by atoms with E-state index in [1.807, 2.05) is 25.3 Å². The largest absolute Gasteiger partial charge is 0.415 e. The number of fused-ring (bicyclic) bond motifs is 1. The van der Waals surface area contributed by atoms with Crippen molar-refractivity contribution >= 4 is 17.3 Å². The quantitative estimate of drug-likeness (QED) is 0.814. The molecule has 4 nitrogen and oxygen atoms in total. The Labute approximate surface area is 128 Å². The number of nitrogens with zero attached hydrogens (tertiary/aromatic N) is 2. The normalized spacial score (nSPS) is 14.7. The summed E-state index contributed by atoms with van der Waals surface area (Å²) in [7, 11) is 0. The Hall–Kier alpha value is -1.72. The van der Waals surface area contributed by atoms with Crippen LogP contribution in [0.5, 0.6) is 5.06 Å². The molecule has 1 aliphatic heterocycles. The minimum Gasteiger partial charge on any atom is -0.415 e. The molecule has 0 amide bonds. The van der Waals surface area contributed by atoms with E-state index in [-0.39, 0.29) is 5.97 Å². The summed E-state index contributed by atoms with van der Waals surface area (Å²) >= 11 is 1.61. The van der Waals surface area contributed by atoms with Crippen LogP contribution in [0.4, 0.5) is 0 Å². The summed E-state index contributed by atoms with van der Waals surface area (Å²) in [6.07, 6.45) is 5.14. The molecule has 0 fully saturated rings. The molecule has 0 radical (unpaired) electrons. The van der Waals surface area contributed by atoms with Crippen molar-refractivity contribution in [3.63, 3.8) is 0 Å². The van der Waals surface area contributed by atoms with Gasteiger partial charge in [-0.25, -0.2) is 0 Å². The molecule has 0 N–H and O–H groups in total. The summed E-state index contributed by atoms with van der Waals surface area (Å²) in [5, 5.41) is 0.732. The zero-order valence-corrected chi connectivity index (χ0v) is 12.9. The van der Waals surface area contributed by atoms with Crippen molar-refractivity contribution in [3.05, 3.63) is 46.6 Å². The lowest BCUT2D eigenvalue weighted by molar-refractivity contribution is -0.133. The summed E-state index contributed by atoms with van der Waals surface area (Å²) in [5.74, 6) is -0.166. The standard InChI is InChI=1S/C16H18N2O2S/c1-2-15(19)20-16-8-13-11-18(7-5-14(13)21-16)10-12-4-3-6-17-9-12/h3-4,6,8-9H,2,5,7,10-11H2,1H3. The number of aromatic nitrogens is 1. The van der Waals surface area contributed by atoms with Gasteiger partial charge in [0.2, 0.25) is 0 Å². The zero-order chi connectivity index (χ0) is 14.7. The third-order valence-electron chi connectivity index (χ3n) is 3.56. The lowest BCUT2D eigenvalue weighted by Crippen LogP contribution is -2.29. The van der Waals surface area contributed by atoms with E-state index in [4.69, 9.17) is 4.74 Å². The predicted octanol–water partition coefficient (Wildman–Crippen LogP) is 3.02. The highest BCUT2D eigenvalue weighted by molar-refractivity contribution is 7.14. The van der Waals surface area contributed by atoms with Crippen molar-refractivity contribution in [1.29, 1.82) is 0 Å². The highest BCUT2D eigenvalue weighted by Gasteiger charge is 2.20. The Bertz CT molecular complexity index is 624. The zero-order valence-electron chi connectivity index (χ0n) is 12.0. The van der Waals surface area contributed by atoms with Crippen molar-refractivity contribution in [2.75, 3.05) is 6.54 Å². The SMILES string of the molecule is CCC(=O)Oc1cc2c(s1)CCN(Cc1cccnc1)C2. The van der Waals surface area contributed by atoms with Crippen LogP contribution in [0.15, 0.2) is 30.6 Å². The minimum absolute atomic E-state index is 0.166. The van der Waals surface area contributed by atoms with Crippen LogP contribution in [0.25, 0.3) is 0 Å². The Morgan fingerprint density at radius 2 is 2.43 bits per heavy atom. The van der Waals surface area contributed by atoms with Crippen LogP contribution in [0.1, 0.15) is 29.3 Å². The van der Waals surface area contributed by atoms with Crippen LogP contribution in [0, 0.1) is 0 Å². The molecule has 0 aromatic carbocycles. The molecule has 0 bridgehead atoms. The second-order valence-electron chi connectivity index (χ2n) is 5.16. The molecule has 0 spiro atoms. The first kappa shape index (κ1) is 14.2. The van der Waals surface area contributed by atoms with Gasteiger partial charge in [-0.05, 0) is 29.7 Å². The highest BCUT2D eigenvalue weighted by atomic mass is 32.1. The van der Waals surface area contributed by atoms with Gasteiger partial charge >= 0.3 is 5.97 Å². The Morgan fingerprint density at radius 3 is 3.19 bits per heavy atom. The van der Waals surface area contributed by atoms with E-state index in [1.54, 1.807) is 17.5 Å². The molecule has 0 unspecified atom stereocenters. The first-order chi connectivity index (χ1) is 10.2. The number of esters is 1. The fourth-order valence-corrected chi connectivity index (χ4v) is 3.51. The Morgan fingerprint density at radius 1 is 1.52 bits per heavy atom. The minimum atomic E-state index is -0.166. The number of carbonyl (C=O) groups is 1. The Kier molecular flexibility index (Phi) is 4.31. The molecule has 3 rings (SSSR count). The second kappa shape index (κ2) is 6.37. The average Bonchev–Trinajstić information content (AvgIpc) is 2.89. The van der Waals surface area contributed by atoms with Gasteiger partial charge in [0, 0.05) is 43.3 Å². The van der Waals surface area contributed by atoms with Crippen molar-refractivity contribution in [1.82, 2.24) is 9.88 Å². The van der Waals surface area contributed by atoms with E-state index in [0.29, 0.717) is 6.42 Å². The van der Waals surface area contributed by atoms with Gasteiger partial charge in [-0.1, -0.05) is 13.0 Å². The third-order valence-corrected chi connectivity index (χ3v) is 4.67. The Balaban J connectivity index is 1.66. The van der Waals surface area contributed by atoms with E-state index >= 15 is 0 Å². The molecule has 5 heteroatoms. The lowest BCUT2D eigenvalue weighted by Gasteiger charge is -2.26. The number of hydrogen-bond donors (Lipinski definition) is 0. The second-order valence-corrected chi connectivity index (χ2v) is 6.26. The van der Waals surface area contributed by atoms with E-state index in [9.17, 15) is 4.79 Å². The average molecular weight is 302 g/mol. The van der Waals surface area contributed by atoms with E-state index in [0.717, 1.165) is 31.1 Å². The van der Waals surface area contributed by atoms with E-state index < -0.39 is 0 Å². The van der Waals surface area contributed by atoms with Gasteiger partial charge in [-0.3, -0.25) is 14.7 Å². The number of rotatable bonds is 4. The van der Waals surface area contributed by atoms with Crippen molar-refractivity contribution in [3.8, 4) is 5.06 Å². The molecule has 0 saturated carbocycles. The molecule has 1 aliphatic rings. The molecule has 3 heterocycles. The molecule has 0 saturated heterocycles. The maximum absolute atomic E-state index is 11.4. The number of carbonyl (C=O) groups excluding carboxylic acids is 1. The number of thiophene rings is 1. The molecule has 21 heavy (non-hydrogen) atoms. The van der Waals surface area contributed by atoms with Gasteiger partial charge in [0.15, 0.2) is 5.06 Å². The number of pyridine rings is 1. The molecule has 110 valence electrons. The topological polar surface area (TPSA) is 42.4 Å². The van der Waals surface area contributed by atoms with Gasteiger partial charge in [0.05, 0.1) is 0 Å².